The minimum atomic E-state index is -0.320. The second kappa shape index (κ2) is 9.54. The number of nitrogens with one attached hydrogen (secondary N) is 2. The maximum Gasteiger partial charge on any atom is 0.320 e. The first-order chi connectivity index (χ1) is 16.6. The van der Waals surface area contributed by atoms with Crippen molar-refractivity contribution in [3.05, 3.63) is 72.6 Å². The van der Waals surface area contributed by atoms with E-state index in [4.69, 9.17) is 4.74 Å². The third-order valence-electron chi connectivity index (χ3n) is 5.91. The van der Waals surface area contributed by atoms with Gasteiger partial charge in [0, 0.05) is 56.4 Å². The summed E-state index contributed by atoms with van der Waals surface area (Å²) < 4.78 is 7.43. The average Bonchev–Trinajstić information content (AvgIpc) is 3.43. The Hall–Kier alpha value is -3.89. The van der Waals surface area contributed by atoms with Gasteiger partial charge in [-0.25, -0.2) is 14.5 Å². The maximum atomic E-state index is 12.7. The molecule has 174 valence electrons. The zero-order valence-electron chi connectivity index (χ0n) is 19.0. The third kappa shape index (κ3) is 4.73. The van der Waals surface area contributed by atoms with Gasteiger partial charge in [-0.05, 0) is 36.8 Å². The SMILES string of the molecule is COC1CN(Cc2cccnc2)CC1NC(=O)Nc1cc2cnn(-c3ccnc(C)c3)c2cn1. The lowest BCUT2D eigenvalue weighted by atomic mass is 10.2. The number of amides is 2. The van der Waals surface area contributed by atoms with Crippen LogP contribution in [0.4, 0.5) is 10.6 Å². The summed E-state index contributed by atoms with van der Waals surface area (Å²) in [7, 11) is 1.67. The smallest absolute Gasteiger partial charge is 0.320 e. The third-order valence-corrected chi connectivity index (χ3v) is 5.91. The van der Waals surface area contributed by atoms with Gasteiger partial charge in [0.1, 0.15) is 5.82 Å². The lowest BCUT2D eigenvalue weighted by Crippen LogP contribution is -2.45. The quantitative estimate of drug-likeness (QED) is 0.457. The summed E-state index contributed by atoms with van der Waals surface area (Å²) in [5, 5.41) is 11.2. The molecule has 0 saturated carbocycles. The molecule has 4 aromatic rings. The molecule has 1 aliphatic heterocycles. The number of hydrogen-bond donors (Lipinski definition) is 2. The molecule has 2 N–H and O–H groups in total. The van der Waals surface area contributed by atoms with E-state index in [-0.39, 0.29) is 18.2 Å². The number of fused-ring (bicyclic) bond motifs is 1. The van der Waals surface area contributed by atoms with Crippen LogP contribution in [0.15, 0.2) is 61.3 Å². The predicted octanol–water partition coefficient (Wildman–Crippen LogP) is 2.54. The molecular weight excluding hydrogens is 432 g/mol. The molecule has 2 amide bonds. The topological polar surface area (TPSA) is 110 Å². The van der Waals surface area contributed by atoms with Gasteiger partial charge in [0.25, 0.3) is 0 Å². The van der Waals surface area contributed by atoms with E-state index in [1.54, 1.807) is 36.6 Å². The Morgan fingerprint density at radius 2 is 2.06 bits per heavy atom. The van der Waals surface area contributed by atoms with Crippen LogP contribution in [-0.2, 0) is 11.3 Å². The molecule has 5 rings (SSSR count). The summed E-state index contributed by atoms with van der Waals surface area (Å²) in [6, 6.07) is 9.17. The molecule has 1 saturated heterocycles. The lowest BCUT2D eigenvalue weighted by Gasteiger charge is -2.18. The van der Waals surface area contributed by atoms with Gasteiger partial charge < -0.3 is 10.1 Å². The fraction of sp³-hybridized carbons (Fsp3) is 0.292. The van der Waals surface area contributed by atoms with Crippen molar-refractivity contribution in [1.82, 2.24) is 34.9 Å². The summed E-state index contributed by atoms with van der Waals surface area (Å²) >= 11 is 0. The number of likely N-dealkylation sites (tertiary alicyclic amines) is 1. The molecule has 0 bridgehead atoms. The van der Waals surface area contributed by atoms with Crippen LogP contribution in [0.2, 0.25) is 0 Å². The number of urea groups is 1. The van der Waals surface area contributed by atoms with E-state index in [0.717, 1.165) is 40.9 Å². The molecule has 2 atom stereocenters. The predicted molar refractivity (Wildman–Crippen MR) is 128 cm³/mol. The molecule has 34 heavy (non-hydrogen) atoms. The standard InChI is InChI=1S/C24H26N8O2/c1-16-8-19(5-7-26-16)32-21-12-27-23(9-18(21)11-28-32)30-24(33)29-20-14-31(15-22(20)34-2)13-17-4-3-6-25-10-17/h3-12,20,22H,13-15H2,1-2H3,(H2,27,29,30,33). The van der Waals surface area contributed by atoms with Gasteiger partial charge >= 0.3 is 6.03 Å². The summed E-state index contributed by atoms with van der Waals surface area (Å²) in [4.78, 5) is 27.8. The van der Waals surface area contributed by atoms with E-state index in [0.29, 0.717) is 12.4 Å². The molecule has 5 heterocycles. The van der Waals surface area contributed by atoms with Crippen LogP contribution < -0.4 is 10.6 Å². The summed E-state index contributed by atoms with van der Waals surface area (Å²) in [6.45, 7) is 4.11. The summed E-state index contributed by atoms with van der Waals surface area (Å²) in [5.74, 6) is 0.453. The Balaban J connectivity index is 1.23. The van der Waals surface area contributed by atoms with Crippen LogP contribution in [0.25, 0.3) is 16.6 Å². The van der Waals surface area contributed by atoms with E-state index in [1.165, 1.54) is 0 Å². The maximum absolute atomic E-state index is 12.7. The molecule has 0 radical (unpaired) electrons. The molecule has 0 aliphatic carbocycles. The second-order valence-electron chi connectivity index (χ2n) is 8.37. The molecule has 10 nitrogen and oxygen atoms in total. The van der Waals surface area contributed by atoms with Crippen LogP contribution in [0, 0.1) is 6.92 Å². The Morgan fingerprint density at radius 3 is 2.85 bits per heavy atom. The summed E-state index contributed by atoms with van der Waals surface area (Å²) in [6.07, 6.45) is 8.73. The normalized spacial score (nSPS) is 18.3. The number of carbonyl (C=O) groups is 1. The number of ether oxygens (including phenoxy) is 1. The van der Waals surface area contributed by atoms with Gasteiger partial charge in [0.05, 0.1) is 35.7 Å². The monoisotopic (exact) mass is 458 g/mol. The molecular formula is C24H26N8O2. The summed E-state index contributed by atoms with van der Waals surface area (Å²) in [5.41, 5.74) is 3.79. The van der Waals surface area contributed by atoms with Crippen LogP contribution in [0.3, 0.4) is 0 Å². The molecule has 4 aromatic heterocycles. The second-order valence-corrected chi connectivity index (χ2v) is 8.37. The van der Waals surface area contributed by atoms with Crippen LogP contribution in [0.5, 0.6) is 0 Å². The van der Waals surface area contributed by atoms with Crippen molar-refractivity contribution in [2.45, 2.75) is 25.6 Å². The Kier molecular flexibility index (Phi) is 6.15. The first kappa shape index (κ1) is 21.9. The fourth-order valence-electron chi connectivity index (χ4n) is 4.29. The van der Waals surface area contributed by atoms with Crippen LogP contribution in [0.1, 0.15) is 11.3 Å². The first-order valence-corrected chi connectivity index (χ1v) is 11.1. The molecule has 1 aliphatic rings. The Bertz CT molecular complexity index is 1290. The van der Waals surface area contributed by atoms with Gasteiger partial charge in [-0.2, -0.15) is 5.10 Å². The number of aryl methyl sites for hydroxylation is 1. The number of anilines is 1. The van der Waals surface area contributed by atoms with Crippen LogP contribution in [-0.4, -0.2) is 68.0 Å². The molecule has 10 heteroatoms. The van der Waals surface area contributed by atoms with Crippen molar-refractivity contribution in [3.63, 3.8) is 0 Å². The molecule has 0 aromatic carbocycles. The fourth-order valence-corrected chi connectivity index (χ4v) is 4.29. The number of carbonyl (C=O) groups excluding carboxylic acids is 1. The highest BCUT2D eigenvalue weighted by Gasteiger charge is 2.34. The number of methoxy groups -OCH3 is 1. The van der Waals surface area contributed by atoms with E-state index in [9.17, 15) is 4.79 Å². The number of nitrogens with zero attached hydrogens (tertiary/aromatic N) is 6. The van der Waals surface area contributed by atoms with Crippen molar-refractivity contribution < 1.29 is 9.53 Å². The van der Waals surface area contributed by atoms with E-state index >= 15 is 0 Å². The highest BCUT2D eigenvalue weighted by atomic mass is 16.5. The Morgan fingerprint density at radius 1 is 1.15 bits per heavy atom. The van der Waals surface area contributed by atoms with E-state index in [1.807, 2.05) is 43.5 Å². The van der Waals surface area contributed by atoms with E-state index in [2.05, 4.69) is 35.6 Å². The van der Waals surface area contributed by atoms with Gasteiger partial charge in [0.2, 0.25) is 0 Å². The molecule has 0 spiro atoms. The van der Waals surface area contributed by atoms with Gasteiger partial charge in [-0.15, -0.1) is 0 Å². The molecule has 2 unspecified atom stereocenters. The van der Waals surface area contributed by atoms with Gasteiger partial charge in [-0.1, -0.05) is 6.07 Å². The first-order valence-electron chi connectivity index (χ1n) is 11.1. The highest BCUT2D eigenvalue weighted by molar-refractivity contribution is 5.91. The zero-order chi connectivity index (χ0) is 23.5. The van der Waals surface area contributed by atoms with Crippen molar-refractivity contribution >= 4 is 22.8 Å². The van der Waals surface area contributed by atoms with Gasteiger partial charge in [0.15, 0.2) is 0 Å². The number of hydrogen-bond acceptors (Lipinski definition) is 7. The minimum absolute atomic E-state index is 0.0973. The number of pyridine rings is 3. The largest absolute Gasteiger partial charge is 0.378 e. The Labute approximate surface area is 197 Å². The minimum Gasteiger partial charge on any atom is -0.378 e. The van der Waals surface area contributed by atoms with Crippen molar-refractivity contribution in [1.29, 1.82) is 0 Å². The number of aromatic nitrogens is 5. The van der Waals surface area contributed by atoms with E-state index < -0.39 is 0 Å². The lowest BCUT2D eigenvalue weighted by molar-refractivity contribution is 0.0916. The van der Waals surface area contributed by atoms with Crippen molar-refractivity contribution in [2.75, 3.05) is 25.5 Å². The number of rotatable bonds is 6. The van der Waals surface area contributed by atoms with Gasteiger partial charge in [-0.3, -0.25) is 20.2 Å². The zero-order valence-corrected chi connectivity index (χ0v) is 19.0. The molecule has 1 fully saturated rings. The van der Waals surface area contributed by atoms with Crippen molar-refractivity contribution in [2.24, 2.45) is 0 Å². The highest BCUT2D eigenvalue weighted by Crippen LogP contribution is 2.21. The van der Waals surface area contributed by atoms with Crippen LogP contribution >= 0.6 is 0 Å². The average molecular weight is 459 g/mol. The van der Waals surface area contributed by atoms with Crippen molar-refractivity contribution in [3.8, 4) is 5.69 Å².